The zero-order valence-electron chi connectivity index (χ0n) is 18.8. The van der Waals surface area contributed by atoms with Gasteiger partial charge in [0.15, 0.2) is 5.69 Å². The fraction of sp³-hybridized carbons (Fsp3) is 0.333. The van der Waals surface area contributed by atoms with E-state index in [1.165, 1.54) is 0 Å². The van der Waals surface area contributed by atoms with Gasteiger partial charge in [0.1, 0.15) is 0 Å². The van der Waals surface area contributed by atoms with Crippen molar-refractivity contribution in [3.05, 3.63) is 64.8 Å². The van der Waals surface area contributed by atoms with Crippen molar-refractivity contribution in [2.24, 2.45) is 7.05 Å². The van der Waals surface area contributed by atoms with Gasteiger partial charge in [-0.2, -0.15) is 5.10 Å². The lowest BCUT2D eigenvalue weighted by molar-refractivity contribution is 0.0742. The number of anilines is 1. The van der Waals surface area contributed by atoms with Gasteiger partial charge in [-0.25, -0.2) is 4.98 Å². The molecule has 1 saturated heterocycles. The first-order valence-corrected chi connectivity index (χ1v) is 11.0. The Kier molecular flexibility index (Phi) is 5.55. The highest BCUT2D eigenvalue weighted by Gasteiger charge is 2.26. The molecule has 2 aromatic heterocycles. The molecule has 1 fully saturated rings. The van der Waals surface area contributed by atoms with Crippen LogP contribution in [-0.2, 0) is 18.3 Å². The first kappa shape index (κ1) is 21.1. The predicted octanol–water partition coefficient (Wildman–Crippen LogP) is 1.89. The highest BCUT2D eigenvalue weighted by Crippen LogP contribution is 2.23. The number of para-hydroxylation sites is 1. The van der Waals surface area contributed by atoms with Crippen molar-refractivity contribution in [1.29, 1.82) is 0 Å². The third kappa shape index (κ3) is 3.84. The van der Waals surface area contributed by atoms with Gasteiger partial charge in [0.05, 0.1) is 35.9 Å². The number of methoxy groups -OCH3 is 1. The Balaban J connectivity index is 1.31. The molecule has 0 saturated carbocycles. The Morgan fingerprint density at radius 2 is 1.85 bits per heavy atom. The average molecular weight is 447 g/mol. The summed E-state index contributed by atoms with van der Waals surface area (Å²) in [7, 11) is 3.47. The third-order valence-electron chi connectivity index (χ3n) is 6.24. The van der Waals surface area contributed by atoms with Crippen LogP contribution in [0, 0.1) is 0 Å². The van der Waals surface area contributed by atoms with Crippen molar-refractivity contribution in [3.63, 3.8) is 0 Å². The minimum Gasteiger partial charge on any atom is -0.383 e. The van der Waals surface area contributed by atoms with Gasteiger partial charge in [0.2, 0.25) is 0 Å². The molecule has 5 rings (SSSR count). The van der Waals surface area contributed by atoms with Gasteiger partial charge >= 0.3 is 0 Å². The number of hydrogen-bond donors (Lipinski definition) is 0. The van der Waals surface area contributed by atoms with Gasteiger partial charge in [0, 0.05) is 51.4 Å². The molecule has 1 amide bonds. The second-order valence-electron chi connectivity index (χ2n) is 8.21. The molecule has 0 spiro atoms. The molecule has 170 valence electrons. The Morgan fingerprint density at radius 1 is 1.06 bits per heavy atom. The number of fused-ring (bicyclic) bond motifs is 2. The van der Waals surface area contributed by atoms with Gasteiger partial charge in [-0.1, -0.05) is 18.2 Å². The van der Waals surface area contributed by atoms with Crippen molar-refractivity contribution < 1.29 is 9.53 Å². The lowest BCUT2D eigenvalue weighted by Crippen LogP contribution is -2.49. The number of aryl methyl sites for hydroxylation is 1. The summed E-state index contributed by atoms with van der Waals surface area (Å²) in [6, 6.07) is 13.5. The van der Waals surface area contributed by atoms with Crippen LogP contribution in [0.3, 0.4) is 0 Å². The molecule has 4 aromatic rings. The Hall–Kier alpha value is -3.72. The summed E-state index contributed by atoms with van der Waals surface area (Å²) in [5.74, 6) is -0.0387. The first-order chi connectivity index (χ1) is 16.1. The molecule has 0 bridgehead atoms. The molecule has 0 radical (unpaired) electrons. The second-order valence-corrected chi connectivity index (χ2v) is 8.21. The molecule has 9 heteroatoms. The van der Waals surface area contributed by atoms with E-state index in [1.807, 2.05) is 54.4 Å². The van der Waals surface area contributed by atoms with Gasteiger partial charge in [-0.05, 0) is 24.3 Å². The van der Waals surface area contributed by atoms with Crippen LogP contribution in [0.1, 0.15) is 10.5 Å². The highest BCUT2D eigenvalue weighted by atomic mass is 16.5. The molecule has 1 aliphatic heterocycles. The predicted molar refractivity (Wildman–Crippen MR) is 127 cm³/mol. The van der Waals surface area contributed by atoms with Crippen molar-refractivity contribution in [2.75, 3.05) is 44.8 Å². The van der Waals surface area contributed by atoms with E-state index in [4.69, 9.17) is 4.74 Å². The Labute approximate surface area is 190 Å². The van der Waals surface area contributed by atoms with E-state index in [1.54, 1.807) is 22.7 Å². The van der Waals surface area contributed by atoms with Crippen LogP contribution in [-0.4, -0.2) is 70.0 Å². The summed E-state index contributed by atoms with van der Waals surface area (Å²) in [5, 5.41) is 5.94. The maximum absolute atomic E-state index is 13.2. The maximum Gasteiger partial charge on any atom is 0.275 e. The van der Waals surface area contributed by atoms with Crippen molar-refractivity contribution in [2.45, 2.75) is 6.54 Å². The molecular weight excluding hydrogens is 420 g/mol. The number of rotatable bonds is 5. The van der Waals surface area contributed by atoms with Crippen LogP contribution < -0.4 is 10.5 Å². The summed E-state index contributed by atoms with van der Waals surface area (Å²) >= 11 is 0. The van der Waals surface area contributed by atoms with E-state index >= 15 is 0 Å². The smallest absolute Gasteiger partial charge is 0.275 e. The molecule has 33 heavy (non-hydrogen) atoms. The van der Waals surface area contributed by atoms with Crippen molar-refractivity contribution in [3.8, 4) is 0 Å². The maximum atomic E-state index is 13.2. The molecule has 0 N–H and O–H groups in total. The molecular formula is C24H26N6O3. The SMILES string of the molecule is COCCn1cnc2cc(N3CCN(C(=O)c4nn(C)c5ccccc45)CC3)ccc2c1=O. The van der Waals surface area contributed by atoms with Crippen LogP contribution in [0.5, 0.6) is 0 Å². The van der Waals surface area contributed by atoms with E-state index in [-0.39, 0.29) is 11.5 Å². The zero-order valence-corrected chi connectivity index (χ0v) is 18.8. The van der Waals surface area contributed by atoms with E-state index < -0.39 is 0 Å². The number of amides is 1. The largest absolute Gasteiger partial charge is 0.383 e. The molecule has 9 nitrogen and oxygen atoms in total. The standard InChI is InChI=1S/C24H26N6O3/c1-27-21-6-4-3-5-19(21)22(26-27)24(32)29-11-9-28(10-12-29)17-7-8-18-20(15-17)25-16-30(23(18)31)13-14-33-2/h3-8,15-16H,9-14H2,1-2H3. The Morgan fingerprint density at radius 3 is 2.64 bits per heavy atom. The summed E-state index contributed by atoms with van der Waals surface area (Å²) < 4.78 is 8.38. The number of aromatic nitrogens is 4. The van der Waals surface area contributed by atoms with Gasteiger partial charge in [-0.15, -0.1) is 0 Å². The van der Waals surface area contributed by atoms with Crippen molar-refractivity contribution >= 4 is 33.4 Å². The lowest BCUT2D eigenvalue weighted by Gasteiger charge is -2.36. The van der Waals surface area contributed by atoms with Crippen LogP contribution in [0.25, 0.3) is 21.8 Å². The van der Waals surface area contributed by atoms with Crippen LogP contribution in [0.15, 0.2) is 53.6 Å². The van der Waals surface area contributed by atoms with Gasteiger partial charge in [-0.3, -0.25) is 18.8 Å². The number of carbonyl (C=O) groups excluding carboxylic acids is 1. The highest BCUT2D eigenvalue weighted by molar-refractivity contribution is 6.04. The number of carbonyl (C=O) groups is 1. The molecule has 2 aromatic carbocycles. The topological polar surface area (TPSA) is 85.5 Å². The number of piperazine rings is 1. The van der Waals surface area contributed by atoms with Crippen LogP contribution in [0.2, 0.25) is 0 Å². The van der Waals surface area contributed by atoms with E-state index in [0.29, 0.717) is 55.9 Å². The summed E-state index contributed by atoms with van der Waals surface area (Å²) in [4.78, 5) is 34.4. The number of benzene rings is 2. The fourth-order valence-electron chi connectivity index (χ4n) is 4.38. The second kappa shape index (κ2) is 8.67. The van der Waals surface area contributed by atoms with Gasteiger partial charge in [0.25, 0.3) is 11.5 Å². The van der Waals surface area contributed by atoms with E-state index in [9.17, 15) is 9.59 Å². The molecule has 0 atom stereocenters. The monoisotopic (exact) mass is 446 g/mol. The molecule has 0 aliphatic carbocycles. The zero-order chi connectivity index (χ0) is 22.9. The normalized spacial score (nSPS) is 14.4. The molecule has 1 aliphatic rings. The number of hydrogen-bond acceptors (Lipinski definition) is 6. The fourth-order valence-corrected chi connectivity index (χ4v) is 4.38. The third-order valence-corrected chi connectivity index (χ3v) is 6.24. The minimum atomic E-state index is -0.0680. The average Bonchev–Trinajstić information content (AvgIpc) is 3.20. The molecule has 0 unspecified atom stereocenters. The van der Waals surface area contributed by atoms with E-state index in [0.717, 1.165) is 16.6 Å². The first-order valence-electron chi connectivity index (χ1n) is 11.0. The van der Waals surface area contributed by atoms with Crippen molar-refractivity contribution in [1.82, 2.24) is 24.2 Å². The minimum absolute atomic E-state index is 0.0387. The number of nitrogens with zero attached hydrogens (tertiary/aromatic N) is 6. The van der Waals surface area contributed by atoms with E-state index in [2.05, 4.69) is 15.0 Å². The summed E-state index contributed by atoms with van der Waals surface area (Å²) in [5.41, 5.74) is 3.05. The molecule has 3 heterocycles. The summed E-state index contributed by atoms with van der Waals surface area (Å²) in [6.07, 6.45) is 1.57. The quantitative estimate of drug-likeness (QED) is 0.466. The lowest BCUT2D eigenvalue weighted by atomic mass is 10.1. The Bertz CT molecular complexity index is 1380. The van der Waals surface area contributed by atoms with Gasteiger partial charge < -0.3 is 14.5 Å². The van der Waals surface area contributed by atoms with Crippen LogP contribution >= 0.6 is 0 Å². The summed E-state index contributed by atoms with van der Waals surface area (Å²) in [6.45, 7) is 3.55. The number of ether oxygens (including phenoxy) is 1. The van der Waals surface area contributed by atoms with Crippen LogP contribution in [0.4, 0.5) is 5.69 Å².